The average Bonchev–Trinajstić information content (AvgIpc) is 3.25. The number of aliphatic hydroxyl groups is 1. The molecule has 0 radical (unpaired) electrons. The van der Waals surface area contributed by atoms with Gasteiger partial charge in [0.2, 0.25) is 0 Å². The number of nitrogens with zero attached hydrogens (tertiary/aromatic N) is 2. The number of hydrogen-bond acceptors (Lipinski definition) is 6. The Morgan fingerprint density at radius 2 is 1.97 bits per heavy atom. The van der Waals surface area contributed by atoms with E-state index >= 15 is 0 Å². The lowest BCUT2D eigenvalue weighted by atomic mass is 10.0. The summed E-state index contributed by atoms with van der Waals surface area (Å²) in [6, 6.07) is 22.7. The molecule has 0 aliphatic carbocycles. The van der Waals surface area contributed by atoms with Crippen molar-refractivity contribution >= 4 is 29.2 Å². The van der Waals surface area contributed by atoms with E-state index in [-0.39, 0.29) is 6.10 Å². The Labute approximate surface area is 210 Å². The standard InChI is InChI=1S/C27H30ClN3O2S/c28-27-24(11-4-12-25(27)33-16-6-15-30-14-5-10-23(32)19-30)20-8-3-9-22(17-20)29-31-18-21-7-1-2-13-26(21)34-31/h1-4,7-9,11-13,17,23,29,32H,5-6,10,14-16,18-19H2. The smallest absolute Gasteiger partial charge is 0.138 e. The van der Waals surface area contributed by atoms with Crippen LogP contribution in [0.15, 0.2) is 71.6 Å². The number of halogens is 1. The zero-order valence-corrected chi connectivity index (χ0v) is 20.7. The zero-order chi connectivity index (χ0) is 23.3. The highest BCUT2D eigenvalue weighted by Gasteiger charge is 2.20. The van der Waals surface area contributed by atoms with E-state index in [0.29, 0.717) is 17.4 Å². The maximum absolute atomic E-state index is 9.83. The summed E-state index contributed by atoms with van der Waals surface area (Å²) in [5.41, 5.74) is 7.86. The topological polar surface area (TPSA) is 48.0 Å². The van der Waals surface area contributed by atoms with Crippen molar-refractivity contribution in [1.29, 1.82) is 0 Å². The molecule has 178 valence electrons. The van der Waals surface area contributed by atoms with Crippen LogP contribution in [0, 0.1) is 0 Å². The maximum Gasteiger partial charge on any atom is 0.138 e. The van der Waals surface area contributed by atoms with Gasteiger partial charge in [-0.1, -0.05) is 54.1 Å². The molecule has 1 fully saturated rings. The van der Waals surface area contributed by atoms with E-state index in [9.17, 15) is 5.11 Å². The number of hydrogen-bond donors (Lipinski definition) is 2. The summed E-state index contributed by atoms with van der Waals surface area (Å²) >= 11 is 8.49. The van der Waals surface area contributed by atoms with E-state index in [1.807, 2.05) is 24.3 Å². The van der Waals surface area contributed by atoms with Gasteiger partial charge in [-0.2, -0.15) is 4.41 Å². The minimum Gasteiger partial charge on any atom is -0.492 e. The minimum atomic E-state index is -0.189. The lowest BCUT2D eigenvalue weighted by molar-refractivity contribution is 0.0679. The molecule has 0 saturated carbocycles. The maximum atomic E-state index is 9.83. The molecule has 0 spiro atoms. The molecule has 2 aliphatic heterocycles. The highest BCUT2D eigenvalue weighted by molar-refractivity contribution is 7.97. The first-order valence-electron chi connectivity index (χ1n) is 11.9. The molecule has 1 unspecified atom stereocenters. The fraction of sp³-hybridized carbons (Fsp3) is 0.333. The number of nitrogens with one attached hydrogen (secondary N) is 1. The van der Waals surface area contributed by atoms with E-state index < -0.39 is 0 Å². The molecule has 2 heterocycles. The van der Waals surface area contributed by atoms with Gasteiger partial charge in [0.1, 0.15) is 5.75 Å². The number of β-amino-alcohol motifs (C(OH)–C–C–N with tert-alkyl or cyclic N) is 1. The summed E-state index contributed by atoms with van der Waals surface area (Å²) in [6.45, 7) is 4.21. The van der Waals surface area contributed by atoms with Gasteiger partial charge in [0.25, 0.3) is 0 Å². The van der Waals surface area contributed by atoms with Crippen LogP contribution in [0.3, 0.4) is 0 Å². The van der Waals surface area contributed by atoms with Crippen LogP contribution in [0.1, 0.15) is 24.8 Å². The van der Waals surface area contributed by atoms with Crippen LogP contribution in [0.25, 0.3) is 11.1 Å². The van der Waals surface area contributed by atoms with Gasteiger partial charge in [0, 0.05) is 23.5 Å². The van der Waals surface area contributed by atoms with Crippen molar-refractivity contribution in [2.45, 2.75) is 36.8 Å². The van der Waals surface area contributed by atoms with Crippen LogP contribution in [0.4, 0.5) is 5.69 Å². The molecule has 5 nitrogen and oxygen atoms in total. The van der Waals surface area contributed by atoms with Crippen LogP contribution in [0.2, 0.25) is 5.02 Å². The number of benzene rings is 3. The molecule has 1 atom stereocenters. The first-order chi connectivity index (χ1) is 16.7. The molecule has 0 bridgehead atoms. The van der Waals surface area contributed by atoms with Crippen LogP contribution in [-0.2, 0) is 6.54 Å². The van der Waals surface area contributed by atoms with Crippen molar-refractivity contribution in [2.75, 3.05) is 31.7 Å². The summed E-state index contributed by atoms with van der Waals surface area (Å²) in [4.78, 5) is 3.60. The number of ether oxygens (including phenoxy) is 1. The van der Waals surface area contributed by atoms with Gasteiger partial charge in [-0.15, -0.1) is 0 Å². The van der Waals surface area contributed by atoms with Crippen molar-refractivity contribution in [2.24, 2.45) is 0 Å². The quantitative estimate of drug-likeness (QED) is 0.291. The second-order valence-corrected chi connectivity index (χ2v) is 10.3. The molecule has 34 heavy (non-hydrogen) atoms. The Hall–Kier alpha value is -2.22. The molecule has 2 N–H and O–H groups in total. The van der Waals surface area contributed by atoms with Crippen LogP contribution in [0.5, 0.6) is 5.75 Å². The van der Waals surface area contributed by atoms with Gasteiger partial charge in [-0.05, 0) is 73.1 Å². The molecule has 0 aromatic heterocycles. The van der Waals surface area contributed by atoms with Gasteiger partial charge in [0.05, 0.1) is 30.0 Å². The second kappa shape index (κ2) is 11.0. The summed E-state index contributed by atoms with van der Waals surface area (Å²) in [5.74, 6) is 0.710. The number of hydrazine groups is 1. The molecular weight excluding hydrogens is 466 g/mol. The summed E-state index contributed by atoms with van der Waals surface area (Å²) in [7, 11) is 0. The van der Waals surface area contributed by atoms with E-state index in [2.05, 4.69) is 57.2 Å². The molecular formula is C27H30ClN3O2S. The number of piperidine rings is 1. The van der Waals surface area contributed by atoms with Crippen LogP contribution < -0.4 is 10.2 Å². The van der Waals surface area contributed by atoms with Crippen molar-refractivity contribution in [3.63, 3.8) is 0 Å². The Bertz CT molecular complexity index is 1100. The van der Waals surface area contributed by atoms with Crippen molar-refractivity contribution in [3.05, 3.63) is 77.3 Å². The molecule has 1 saturated heterocycles. The summed E-state index contributed by atoms with van der Waals surface area (Å²) < 4.78 is 8.19. The SMILES string of the molecule is OC1CCCN(CCCOc2cccc(-c3cccc(NN4Cc5ccccc5S4)c3)c2Cl)C1. The van der Waals surface area contributed by atoms with Gasteiger partial charge in [-0.25, -0.2) is 0 Å². The predicted octanol–water partition coefficient (Wildman–Crippen LogP) is 6.08. The van der Waals surface area contributed by atoms with Gasteiger partial charge >= 0.3 is 0 Å². The van der Waals surface area contributed by atoms with Crippen molar-refractivity contribution in [3.8, 4) is 16.9 Å². The first kappa shape index (κ1) is 23.5. The monoisotopic (exact) mass is 495 g/mol. The lowest BCUT2D eigenvalue weighted by Crippen LogP contribution is -2.39. The third-order valence-electron chi connectivity index (χ3n) is 6.24. The van der Waals surface area contributed by atoms with E-state index in [4.69, 9.17) is 16.3 Å². The highest BCUT2D eigenvalue weighted by Crippen LogP contribution is 2.38. The third-order valence-corrected chi connectivity index (χ3v) is 7.67. The normalized spacial score (nSPS) is 18.6. The summed E-state index contributed by atoms with van der Waals surface area (Å²) in [6.07, 6.45) is 2.69. The van der Waals surface area contributed by atoms with Gasteiger partial charge in [-0.3, -0.25) is 0 Å². The Balaban J connectivity index is 1.20. The molecule has 7 heteroatoms. The first-order valence-corrected chi connectivity index (χ1v) is 13.0. The van der Waals surface area contributed by atoms with E-state index in [1.165, 1.54) is 10.5 Å². The Kier molecular flexibility index (Phi) is 7.62. The number of aliphatic hydroxyl groups excluding tert-OH is 1. The molecule has 5 rings (SSSR count). The fourth-order valence-corrected chi connectivity index (χ4v) is 5.81. The number of likely N-dealkylation sites (tertiary alicyclic amines) is 1. The molecule has 3 aromatic carbocycles. The van der Waals surface area contributed by atoms with E-state index in [0.717, 1.165) is 62.3 Å². The van der Waals surface area contributed by atoms with E-state index in [1.54, 1.807) is 11.9 Å². The van der Waals surface area contributed by atoms with Gasteiger partial charge < -0.3 is 20.2 Å². The number of fused-ring (bicyclic) bond motifs is 1. The van der Waals surface area contributed by atoms with Crippen LogP contribution >= 0.6 is 23.5 Å². The lowest BCUT2D eigenvalue weighted by Gasteiger charge is -2.29. The Morgan fingerprint density at radius 1 is 1.09 bits per heavy atom. The summed E-state index contributed by atoms with van der Waals surface area (Å²) in [5, 5.41) is 10.5. The fourth-order valence-electron chi connectivity index (χ4n) is 4.54. The van der Waals surface area contributed by atoms with Crippen molar-refractivity contribution < 1.29 is 9.84 Å². The third kappa shape index (κ3) is 5.70. The largest absolute Gasteiger partial charge is 0.492 e. The predicted molar refractivity (Wildman–Crippen MR) is 140 cm³/mol. The molecule has 2 aliphatic rings. The molecule has 0 amide bonds. The minimum absolute atomic E-state index is 0.189. The average molecular weight is 496 g/mol. The van der Waals surface area contributed by atoms with Gasteiger partial charge in [0.15, 0.2) is 0 Å². The Morgan fingerprint density at radius 3 is 2.85 bits per heavy atom. The molecule has 3 aromatic rings. The van der Waals surface area contributed by atoms with Crippen LogP contribution in [-0.4, -0.2) is 46.8 Å². The number of anilines is 1. The highest BCUT2D eigenvalue weighted by atomic mass is 35.5. The second-order valence-electron chi connectivity index (χ2n) is 8.84. The van der Waals surface area contributed by atoms with Crippen molar-refractivity contribution in [1.82, 2.24) is 9.31 Å². The zero-order valence-electron chi connectivity index (χ0n) is 19.1. The number of rotatable bonds is 8.